The predicted molar refractivity (Wildman–Crippen MR) is 165 cm³/mol. The van der Waals surface area contributed by atoms with Gasteiger partial charge in [-0.15, -0.1) is 11.3 Å². The normalized spacial score (nSPS) is 15.2. The summed E-state index contributed by atoms with van der Waals surface area (Å²) in [6.45, 7) is 3.00. The van der Waals surface area contributed by atoms with Crippen molar-refractivity contribution in [3.63, 3.8) is 0 Å². The van der Waals surface area contributed by atoms with Gasteiger partial charge in [-0.1, -0.05) is 35.3 Å². The van der Waals surface area contributed by atoms with Gasteiger partial charge in [0, 0.05) is 53.5 Å². The van der Waals surface area contributed by atoms with Gasteiger partial charge in [0.1, 0.15) is 12.6 Å². The number of carbonyl (C=O) groups excluding carboxylic acids is 4. The van der Waals surface area contributed by atoms with E-state index < -0.39 is 17.9 Å². The van der Waals surface area contributed by atoms with Crippen molar-refractivity contribution in [2.75, 3.05) is 39.3 Å². The van der Waals surface area contributed by atoms with Crippen LogP contribution in [0.3, 0.4) is 0 Å². The number of hydrogen-bond acceptors (Lipinski definition) is 7. The summed E-state index contributed by atoms with van der Waals surface area (Å²) >= 11 is 13.9. The van der Waals surface area contributed by atoms with Crippen LogP contribution in [0.25, 0.3) is 0 Å². The molecule has 1 unspecified atom stereocenters. The van der Waals surface area contributed by atoms with E-state index in [0.717, 1.165) is 10.4 Å². The number of thiophene rings is 1. The van der Waals surface area contributed by atoms with Crippen molar-refractivity contribution in [1.29, 1.82) is 0 Å². The molecule has 13 heteroatoms. The van der Waals surface area contributed by atoms with Crippen LogP contribution in [0.4, 0.5) is 0 Å². The van der Waals surface area contributed by atoms with Gasteiger partial charge in [-0.25, -0.2) is 4.98 Å². The molecule has 1 fully saturated rings. The Balaban J connectivity index is 1.50. The van der Waals surface area contributed by atoms with Crippen LogP contribution in [-0.2, 0) is 43.3 Å². The van der Waals surface area contributed by atoms with Crippen molar-refractivity contribution < 1.29 is 23.9 Å². The molecule has 1 atom stereocenters. The summed E-state index contributed by atoms with van der Waals surface area (Å²) in [5.41, 5.74) is 0.803. The van der Waals surface area contributed by atoms with Gasteiger partial charge in [0.15, 0.2) is 0 Å². The number of ether oxygens (including phenoxy) is 1. The summed E-state index contributed by atoms with van der Waals surface area (Å²) < 4.78 is 6.99. The van der Waals surface area contributed by atoms with Crippen molar-refractivity contribution in [1.82, 2.24) is 24.3 Å². The number of piperazine rings is 1. The van der Waals surface area contributed by atoms with Gasteiger partial charge in [0.05, 0.1) is 25.9 Å². The van der Waals surface area contributed by atoms with Gasteiger partial charge in [-0.3, -0.25) is 19.2 Å². The Morgan fingerprint density at radius 2 is 1.98 bits per heavy atom. The highest BCUT2D eigenvalue weighted by Crippen LogP contribution is 2.24. The Kier molecular flexibility index (Phi) is 12.0. The number of aromatic nitrogens is 2. The third-order valence-corrected chi connectivity index (χ3v) is 8.74. The molecule has 3 heterocycles. The van der Waals surface area contributed by atoms with E-state index in [1.165, 1.54) is 14.7 Å². The summed E-state index contributed by atoms with van der Waals surface area (Å²) in [6, 6.07) is 8.08. The molecule has 1 aliphatic heterocycles. The zero-order chi connectivity index (χ0) is 30.8. The van der Waals surface area contributed by atoms with E-state index in [9.17, 15) is 19.2 Å². The Morgan fingerprint density at radius 1 is 1.14 bits per heavy atom. The van der Waals surface area contributed by atoms with Crippen LogP contribution in [0, 0.1) is 0 Å². The molecule has 1 aliphatic rings. The number of imidazole rings is 1. The van der Waals surface area contributed by atoms with Gasteiger partial charge < -0.3 is 24.0 Å². The highest BCUT2D eigenvalue weighted by atomic mass is 35.5. The number of carbonyl (C=O) groups is 4. The molecule has 0 aliphatic carbocycles. The van der Waals surface area contributed by atoms with Gasteiger partial charge >= 0.3 is 5.97 Å². The lowest BCUT2D eigenvalue weighted by molar-refractivity contribution is -0.158. The molecule has 0 radical (unpaired) electrons. The van der Waals surface area contributed by atoms with Gasteiger partial charge in [-0.05, 0) is 55.3 Å². The minimum absolute atomic E-state index is 0.0867. The van der Waals surface area contributed by atoms with Crippen LogP contribution in [0.1, 0.15) is 30.2 Å². The molecule has 10 nitrogen and oxygen atoms in total. The van der Waals surface area contributed by atoms with Crippen LogP contribution < -0.4 is 0 Å². The molecule has 4 rings (SSSR count). The number of esters is 1. The maximum absolute atomic E-state index is 13.9. The molecule has 1 aromatic carbocycles. The lowest BCUT2D eigenvalue weighted by Crippen LogP contribution is -2.61. The monoisotopic (exact) mass is 647 g/mol. The molecule has 0 spiro atoms. The second-order valence-corrected chi connectivity index (χ2v) is 12.0. The number of nitrogens with zero attached hydrogens (tertiary/aromatic N) is 5. The average Bonchev–Trinajstić information content (AvgIpc) is 3.69. The smallest absolute Gasteiger partial charge is 0.325 e. The molecule has 0 saturated carbocycles. The fourth-order valence-corrected chi connectivity index (χ4v) is 6.20. The molecule has 0 bridgehead atoms. The fraction of sp³-hybridized carbons (Fsp3) is 0.433. The zero-order valence-corrected chi connectivity index (χ0v) is 26.3. The molecular formula is C30H35Cl2N5O5S. The number of halogens is 2. The van der Waals surface area contributed by atoms with Gasteiger partial charge in [0.25, 0.3) is 0 Å². The topological polar surface area (TPSA) is 105 Å². The third-order valence-electron chi connectivity index (χ3n) is 7.21. The molecule has 3 amide bonds. The van der Waals surface area contributed by atoms with Crippen LogP contribution >= 0.6 is 34.5 Å². The van der Waals surface area contributed by atoms with Crippen LogP contribution in [0.15, 0.2) is 54.4 Å². The summed E-state index contributed by atoms with van der Waals surface area (Å²) in [5, 5.41) is 2.95. The number of hydrogen-bond donors (Lipinski definition) is 0. The third kappa shape index (κ3) is 9.29. The molecule has 43 heavy (non-hydrogen) atoms. The van der Waals surface area contributed by atoms with Crippen molar-refractivity contribution in [3.05, 3.63) is 74.9 Å². The molecular weight excluding hydrogens is 613 g/mol. The average molecular weight is 649 g/mol. The first-order chi connectivity index (χ1) is 20.7. The van der Waals surface area contributed by atoms with Gasteiger partial charge in [0.2, 0.25) is 17.7 Å². The van der Waals surface area contributed by atoms with Crippen molar-refractivity contribution in [3.8, 4) is 0 Å². The first-order valence-corrected chi connectivity index (χ1v) is 15.8. The van der Waals surface area contributed by atoms with E-state index >= 15 is 0 Å². The Hall–Kier alpha value is -3.41. The molecule has 2 aromatic heterocycles. The molecule has 3 aromatic rings. The largest absolute Gasteiger partial charge is 0.465 e. The Morgan fingerprint density at radius 3 is 2.67 bits per heavy atom. The Labute approximate surface area is 265 Å². The molecule has 1 saturated heterocycles. The second-order valence-electron chi connectivity index (χ2n) is 10.2. The summed E-state index contributed by atoms with van der Waals surface area (Å²) in [5.74, 6) is -1.46. The summed E-state index contributed by atoms with van der Waals surface area (Å²) in [4.78, 5) is 62.9. The molecule has 0 N–H and O–H groups in total. The maximum atomic E-state index is 13.9. The number of benzene rings is 1. The number of rotatable bonds is 15. The zero-order valence-electron chi connectivity index (χ0n) is 24.0. The van der Waals surface area contributed by atoms with Crippen molar-refractivity contribution >= 4 is 58.2 Å². The van der Waals surface area contributed by atoms with Crippen LogP contribution in [0.5, 0.6) is 0 Å². The highest BCUT2D eigenvalue weighted by molar-refractivity contribution is 7.09. The molecule has 230 valence electrons. The second kappa shape index (κ2) is 15.9. The van der Waals surface area contributed by atoms with E-state index in [1.807, 2.05) is 28.3 Å². The van der Waals surface area contributed by atoms with Crippen molar-refractivity contribution in [2.45, 2.75) is 45.2 Å². The predicted octanol–water partition coefficient (Wildman–Crippen LogP) is 3.95. The van der Waals surface area contributed by atoms with Crippen LogP contribution in [0.2, 0.25) is 10.0 Å². The standard InChI is InChI=1S/C30H35Cl2N5O5S/c1-2-42-29(40)20-35(12-4-11-34-15-10-33-21-34)27(38)18-26-30(41)36(13-8-22-6-7-23(31)17-25(22)32)19-28(39)37(26)14-9-24-5-3-16-43-24/h3,5-7,10,15-17,21,26H,2,4,8-9,11-14,18-20H2,1H3. The lowest BCUT2D eigenvalue weighted by Gasteiger charge is -2.40. The van der Waals surface area contributed by atoms with Crippen molar-refractivity contribution in [2.24, 2.45) is 0 Å². The Bertz CT molecular complexity index is 1390. The first-order valence-electron chi connectivity index (χ1n) is 14.2. The van der Waals surface area contributed by atoms with E-state index in [4.69, 9.17) is 27.9 Å². The minimum Gasteiger partial charge on any atom is -0.465 e. The van der Waals surface area contributed by atoms with Crippen LogP contribution in [-0.4, -0.2) is 93.3 Å². The number of aryl methyl sites for hydroxylation is 1. The first kappa shape index (κ1) is 32.5. The van der Waals surface area contributed by atoms with E-state index in [-0.39, 0.29) is 51.0 Å². The fourth-order valence-electron chi connectivity index (χ4n) is 4.99. The van der Waals surface area contributed by atoms with E-state index in [0.29, 0.717) is 42.4 Å². The SMILES string of the molecule is CCOC(=O)CN(CCCn1ccnc1)C(=O)CC1C(=O)N(CCc2ccc(Cl)cc2Cl)CC(=O)N1CCc1cccs1. The number of amides is 3. The summed E-state index contributed by atoms with van der Waals surface area (Å²) in [6.07, 6.45) is 6.49. The van der Waals surface area contributed by atoms with Gasteiger partial charge in [-0.2, -0.15) is 0 Å². The quantitative estimate of drug-likeness (QED) is 0.231. The summed E-state index contributed by atoms with van der Waals surface area (Å²) in [7, 11) is 0. The van der Waals surface area contributed by atoms with E-state index in [2.05, 4.69) is 4.98 Å². The maximum Gasteiger partial charge on any atom is 0.325 e. The minimum atomic E-state index is -0.993. The highest BCUT2D eigenvalue weighted by Gasteiger charge is 2.41. The van der Waals surface area contributed by atoms with E-state index in [1.54, 1.807) is 49.0 Å². The lowest BCUT2D eigenvalue weighted by atomic mass is 10.0.